The highest BCUT2D eigenvalue weighted by Crippen LogP contribution is 2.34. The summed E-state index contributed by atoms with van der Waals surface area (Å²) in [7, 11) is 0. The highest BCUT2D eigenvalue weighted by molar-refractivity contribution is 6.02. The average Bonchev–Trinajstić information content (AvgIpc) is 2.80. The second-order valence-electron chi connectivity index (χ2n) is 6.89. The zero-order valence-electron chi connectivity index (χ0n) is 13.2. The molecule has 1 aromatic heterocycles. The van der Waals surface area contributed by atoms with Gasteiger partial charge in [-0.3, -0.25) is 14.9 Å². The normalized spacial score (nSPS) is 25.1. The maximum absolute atomic E-state index is 12.1. The number of nitrogens with zero attached hydrogens (tertiary/aromatic N) is 1. The Morgan fingerprint density at radius 3 is 2.87 bits per heavy atom. The van der Waals surface area contributed by atoms with E-state index in [4.69, 9.17) is 4.52 Å². The van der Waals surface area contributed by atoms with Crippen LogP contribution in [0.25, 0.3) is 11.0 Å². The number of rotatable bonds is 1. The number of hydrogen-bond acceptors (Lipinski definition) is 4. The smallest absolute Gasteiger partial charge is 0.235 e. The molecule has 0 saturated carbocycles. The molecule has 2 amide bonds. The number of nitrogens with one attached hydrogen (secondary N) is 1. The van der Waals surface area contributed by atoms with Gasteiger partial charge in [-0.1, -0.05) is 18.5 Å². The van der Waals surface area contributed by atoms with E-state index in [0.29, 0.717) is 24.5 Å². The molecule has 2 atom stereocenters. The van der Waals surface area contributed by atoms with Crippen molar-refractivity contribution >= 4 is 22.8 Å². The number of imide groups is 1. The van der Waals surface area contributed by atoms with Gasteiger partial charge in [0.2, 0.25) is 11.8 Å². The van der Waals surface area contributed by atoms with E-state index in [2.05, 4.69) is 29.5 Å². The summed E-state index contributed by atoms with van der Waals surface area (Å²) in [6, 6.07) is 4.24. The predicted octanol–water partition coefficient (Wildman–Crippen LogP) is 2.86. The number of aryl methyl sites for hydroxylation is 1. The summed E-state index contributed by atoms with van der Waals surface area (Å²) >= 11 is 0. The van der Waals surface area contributed by atoms with E-state index < -0.39 is 5.92 Å². The summed E-state index contributed by atoms with van der Waals surface area (Å²) in [5.41, 5.74) is 4.11. The highest BCUT2D eigenvalue weighted by atomic mass is 16.5. The van der Waals surface area contributed by atoms with E-state index in [9.17, 15) is 9.59 Å². The largest absolute Gasteiger partial charge is 0.356 e. The van der Waals surface area contributed by atoms with Gasteiger partial charge in [0.1, 0.15) is 5.69 Å². The van der Waals surface area contributed by atoms with Crippen molar-refractivity contribution in [2.75, 3.05) is 0 Å². The summed E-state index contributed by atoms with van der Waals surface area (Å²) in [5.74, 6) is -0.176. The van der Waals surface area contributed by atoms with Crippen LogP contribution in [0.3, 0.4) is 0 Å². The van der Waals surface area contributed by atoms with Gasteiger partial charge in [-0.05, 0) is 54.9 Å². The van der Waals surface area contributed by atoms with E-state index in [1.807, 2.05) is 0 Å². The lowest BCUT2D eigenvalue weighted by Gasteiger charge is -2.19. The Labute approximate surface area is 134 Å². The number of carbonyl (C=O) groups is 2. The maximum Gasteiger partial charge on any atom is 0.235 e. The van der Waals surface area contributed by atoms with Crippen LogP contribution in [0.15, 0.2) is 16.7 Å². The molecule has 1 aliphatic heterocycles. The molecule has 0 radical (unpaired) electrons. The minimum absolute atomic E-state index is 0.207. The summed E-state index contributed by atoms with van der Waals surface area (Å²) in [6.07, 6.45) is 5.43. The first-order chi connectivity index (χ1) is 11.1. The minimum Gasteiger partial charge on any atom is -0.356 e. The van der Waals surface area contributed by atoms with E-state index >= 15 is 0 Å². The van der Waals surface area contributed by atoms with Crippen molar-refractivity contribution in [2.24, 2.45) is 5.92 Å². The van der Waals surface area contributed by atoms with Crippen LogP contribution in [-0.4, -0.2) is 17.0 Å². The third kappa shape index (κ3) is 2.54. The van der Waals surface area contributed by atoms with Gasteiger partial charge in [0, 0.05) is 11.8 Å². The average molecular weight is 312 g/mol. The van der Waals surface area contributed by atoms with Crippen LogP contribution in [0.2, 0.25) is 0 Å². The Kier molecular flexibility index (Phi) is 3.43. The Balaban J connectivity index is 1.76. The fourth-order valence-corrected chi connectivity index (χ4v) is 3.84. The zero-order chi connectivity index (χ0) is 16.0. The number of aromatic nitrogens is 1. The van der Waals surface area contributed by atoms with Gasteiger partial charge >= 0.3 is 0 Å². The van der Waals surface area contributed by atoms with Crippen molar-refractivity contribution in [2.45, 2.75) is 51.4 Å². The maximum atomic E-state index is 12.1. The van der Waals surface area contributed by atoms with E-state index in [1.165, 1.54) is 24.0 Å². The third-order valence-electron chi connectivity index (χ3n) is 5.10. The Hall–Kier alpha value is -2.17. The van der Waals surface area contributed by atoms with Crippen molar-refractivity contribution in [3.05, 3.63) is 29.0 Å². The van der Waals surface area contributed by atoms with Gasteiger partial charge in [-0.15, -0.1) is 0 Å². The second-order valence-corrected chi connectivity index (χ2v) is 6.89. The topological polar surface area (TPSA) is 72.2 Å². The number of fused-ring (bicyclic) bond motifs is 2. The molecule has 2 aromatic rings. The molecule has 5 nitrogen and oxygen atoms in total. The molecule has 1 aromatic carbocycles. The summed E-state index contributed by atoms with van der Waals surface area (Å²) in [4.78, 5) is 23.5. The molecular weight excluding hydrogens is 292 g/mol. The van der Waals surface area contributed by atoms with Crippen molar-refractivity contribution in [3.63, 3.8) is 0 Å². The second kappa shape index (κ2) is 5.48. The van der Waals surface area contributed by atoms with Crippen molar-refractivity contribution < 1.29 is 14.1 Å². The van der Waals surface area contributed by atoms with Gasteiger partial charge in [-0.2, -0.15) is 0 Å². The van der Waals surface area contributed by atoms with Crippen LogP contribution in [-0.2, 0) is 22.4 Å². The van der Waals surface area contributed by atoms with Gasteiger partial charge in [0.05, 0.1) is 5.92 Å². The first kappa shape index (κ1) is 14.4. The molecule has 0 bridgehead atoms. The fourth-order valence-electron chi connectivity index (χ4n) is 3.84. The fraction of sp³-hybridized carbons (Fsp3) is 0.500. The quantitative estimate of drug-likeness (QED) is 0.649. The number of benzene rings is 1. The molecule has 1 saturated heterocycles. The number of piperidine rings is 1. The molecule has 120 valence electrons. The number of carbonyl (C=O) groups excluding carboxylic acids is 2. The molecule has 5 heteroatoms. The van der Waals surface area contributed by atoms with Gasteiger partial charge in [0.25, 0.3) is 0 Å². The Morgan fingerprint density at radius 1 is 1.17 bits per heavy atom. The SMILES string of the molecule is CC1CCCc2cc3c([C@@H]4CCC(=O)NC4=O)noc3cc2C1. The van der Waals surface area contributed by atoms with Crippen LogP contribution in [0.5, 0.6) is 0 Å². The standard InChI is InChI=1S/C18H20N2O3/c1-10-3-2-4-11-8-14-15(9-12(11)7-10)23-20-17(14)13-5-6-16(21)19-18(13)22/h8-10,13H,2-7H2,1H3,(H,19,21,22)/t10?,13-/m0/s1. The minimum atomic E-state index is -0.392. The molecule has 1 N–H and O–H groups in total. The van der Waals surface area contributed by atoms with Crippen molar-refractivity contribution in [1.29, 1.82) is 0 Å². The first-order valence-electron chi connectivity index (χ1n) is 8.36. The van der Waals surface area contributed by atoms with Gasteiger partial charge in [0.15, 0.2) is 5.58 Å². The molecule has 4 rings (SSSR count). The first-order valence-corrected chi connectivity index (χ1v) is 8.36. The van der Waals surface area contributed by atoms with E-state index in [0.717, 1.165) is 23.8 Å². The summed E-state index contributed by atoms with van der Waals surface area (Å²) in [6.45, 7) is 2.29. The summed E-state index contributed by atoms with van der Waals surface area (Å²) in [5, 5.41) is 7.49. The monoisotopic (exact) mass is 312 g/mol. The molecule has 1 fully saturated rings. The van der Waals surface area contributed by atoms with Crippen LogP contribution < -0.4 is 5.32 Å². The highest BCUT2D eigenvalue weighted by Gasteiger charge is 2.32. The van der Waals surface area contributed by atoms with Crippen LogP contribution in [0, 0.1) is 5.92 Å². The van der Waals surface area contributed by atoms with E-state index in [1.54, 1.807) is 0 Å². The number of hydrogen-bond donors (Lipinski definition) is 1. The van der Waals surface area contributed by atoms with Crippen LogP contribution in [0.4, 0.5) is 0 Å². The lowest BCUT2D eigenvalue weighted by Crippen LogP contribution is -2.39. The number of amides is 2. The van der Waals surface area contributed by atoms with Crippen LogP contribution in [0.1, 0.15) is 55.3 Å². The summed E-state index contributed by atoms with van der Waals surface area (Å²) < 4.78 is 5.50. The zero-order valence-corrected chi connectivity index (χ0v) is 13.2. The predicted molar refractivity (Wildman–Crippen MR) is 84.9 cm³/mol. The van der Waals surface area contributed by atoms with Crippen molar-refractivity contribution in [3.8, 4) is 0 Å². The molecular formula is C18H20N2O3. The van der Waals surface area contributed by atoms with E-state index in [-0.39, 0.29) is 11.8 Å². The molecule has 1 aliphatic carbocycles. The molecule has 23 heavy (non-hydrogen) atoms. The lowest BCUT2D eigenvalue weighted by molar-refractivity contribution is -0.134. The van der Waals surface area contributed by atoms with Crippen LogP contribution >= 0.6 is 0 Å². The van der Waals surface area contributed by atoms with Crippen molar-refractivity contribution in [1.82, 2.24) is 10.5 Å². The molecule has 1 unspecified atom stereocenters. The Bertz CT molecular complexity index is 793. The molecule has 2 heterocycles. The molecule has 0 spiro atoms. The molecule has 2 aliphatic rings. The van der Waals surface area contributed by atoms with Gasteiger partial charge < -0.3 is 4.52 Å². The third-order valence-corrected chi connectivity index (χ3v) is 5.10. The lowest BCUT2D eigenvalue weighted by atomic mass is 9.91. The van der Waals surface area contributed by atoms with Gasteiger partial charge in [-0.25, -0.2) is 0 Å². The Morgan fingerprint density at radius 2 is 2.04 bits per heavy atom.